The zero-order valence-corrected chi connectivity index (χ0v) is 9.03. The summed E-state index contributed by atoms with van der Waals surface area (Å²) < 4.78 is 0. The van der Waals surface area contributed by atoms with Gasteiger partial charge in [0.15, 0.2) is 0 Å². The second-order valence-corrected chi connectivity index (χ2v) is 4.36. The molecule has 0 bridgehead atoms. The highest BCUT2D eigenvalue weighted by Gasteiger charge is 2.08. The fourth-order valence-electron chi connectivity index (χ4n) is 1.25. The van der Waals surface area contributed by atoms with E-state index < -0.39 is 6.10 Å². The smallest absolute Gasteiger partial charge is 0.123 e. The van der Waals surface area contributed by atoms with Crippen molar-refractivity contribution in [2.45, 2.75) is 13.0 Å². The molecule has 0 spiro atoms. The van der Waals surface area contributed by atoms with E-state index in [2.05, 4.69) is 4.98 Å². The molecule has 0 aliphatic carbocycles. The Balaban J connectivity index is 2.37. The molecule has 1 aromatic carbocycles. The van der Waals surface area contributed by atoms with Crippen LogP contribution in [0.15, 0.2) is 30.5 Å². The second-order valence-electron chi connectivity index (χ2n) is 3.29. The predicted molar refractivity (Wildman–Crippen MR) is 59.8 cm³/mol. The van der Waals surface area contributed by atoms with Crippen molar-refractivity contribution in [3.05, 3.63) is 35.3 Å². The van der Waals surface area contributed by atoms with Crippen LogP contribution in [0.3, 0.4) is 0 Å². The number of benzene rings is 1. The zero-order valence-electron chi connectivity index (χ0n) is 8.21. The molecular formula is C11H11NO2S. The number of aliphatic hydroxyl groups excluding tert-OH is 1. The second kappa shape index (κ2) is 4.00. The Bertz CT molecular complexity index is 465. The van der Waals surface area contributed by atoms with Gasteiger partial charge in [0.2, 0.25) is 0 Å². The van der Waals surface area contributed by atoms with E-state index in [-0.39, 0.29) is 5.75 Å². The van der Waals surface area contributed by atoms with Crippen LogP contribution in [-0.2, 0) is 0 Å². The topological polar surface area (TPSA) is 53.4 Å². The van der Waals surface area contributed by atoms with Gasteiger partial charge in [-0.05, 0) is 19.1 Å². The summed E-state index contributed by atoms with van der Waals surface area (Å²) in [6, 6.07) is 6.93. The first-order chi connectivity index (χ1) is 7.16. The molecule has 0 fully saturated rings. The van der Waals surface area contributed by atoms with Crippen molar-refractivity contribution in [2.75, 3.05) is 0 Å². The molecule has 4 heteroatoms. The Kier molecular flexibility index (Phi) is 2.70. The van der Waals surface area contributed by atoms with E-state index >= 15 is 0 Å². The van der Waals surface area contributed by atoms with Crippen LogP contribution >= 0.6 is 11.3 Å². The Labute approximate surface area is 91.7 Å². The minimum Gasteiger partial charge on any atom is -0.508 e. The molecule has 0 saturated carbocycles. The van der Waals surface area contributed by atoms with Gasteiger partial charge in [-0.1, -0.05) is 12.1 Å². The predicted octanol–water partition coefficient (Wildman–Crippen LogP) is 2.57. The Morgan fingerprint density at radius 1 is 1.40 bits per heavy atom. The lowest BCUT2D eigenvalue weighted by Gasteiger charge is -1.97. The van der Waals surface area contributed by atoms with Gasteiger partial charge in [0.25, 0.3) is 0 Å². The van der Waals surface area contributed by atoms with Crippen molar-refractivity contribution < 1.29 is 10.2 Å². The summed E-state index contributed by atoms with van der Waals surface area (Å²) in [4.78, 5) is 5.02. The van der Waals surface area contributed by atoms with Gasteiger partial charge < -0.3 is 10.2 Å². The largest absolute Gasteiger partial charge is 0.508 e. The third-order valence-corrected chi connectivity index (χ3v) is 3.25. The maximum Gasteiger partial charge on any atom is 0.123 e. The van der Waals surface area contributed by atoms with Gasteiger partial charge in [-0.25, -0.2) is 4.98 Å². The van der Waals surface area contributed by atoms with Crippen LogP contribution in [0.5, 0.6) is 5.75 Å². The number of phenols is 1. The summed E-state index contributed by atoms with van der Waals surface area (Å²) in [6.07, 6.45) is 1.17. The normalized spacial score (nSPS) is 12.7. The molecule has 1 unspecified atom stereocenters. The third-order valence-electron chi connectivity index (χ3n) is 2.03. The fourth-order valence-corrected chi connectivity index (χ4v) is 2.10. The van der Waals surface area contributed by atoms with Crippen molar-refractivity contribution in [1.82, 2.24) is 4.98 Å². The van der Waals surface area contributed by atoms with Gasteiger partial charge in [0.1, 0.15) is 10.8 Å². The van der Waals surface area contributed by atoms with Gasteiger partial charge in [0, 0.05) is 11.8 Å². The molecular weight excluding hydrogens is 210 g/mol. The molecule has 78 valence electrons. The summed E-state index contributed by atoms with van der Waals surface area (Å²) >= 11 is 1.43. The van der Waals surface area contributed by atoms with E-state index in [4.69, 9.17) is 0 Å². The van der Waals surface area contributed by atoms with Crippen molar-refractivity contribution in [1.29, 1.82) is 0 Å². The van der Waals surface area contributed by atoms with Gasteiger partial charge in [-0.15, -0.1) is 11.3 Å². The van der Waals surface area contributed by atoms with Crippen LogP contribution in [0.1, 0.15) is 17.9 Å². The molecule has 1 heterocycles. The Morgan fingerprint density at radius 2 is 2.20 bits per heavy atom. The molecule has 2 aromatic rings. The number of nitrogens with zero attached hydrogens (tertiary/aromatic N) is 1. The number of rotatable bonds is 2. The molecule has 0 radical (unpaired) electrons. The summed E-state index contributed by atoms with van der Waals surface area (Å²) in [5.74, 6) is 0.223. The maximum atomic E-state index is 9.36. The Hall–Kier alpha value is -1.39. The van der Waals surface area contributed by atoms with Crippen molar-refractivity contribution in [3.63, 3.8) is 0 Å². The minimum atomic E-state index is -0.492. The first-order valence-corrected chi connectivity index (χ1v) is 5.41. The van der Waals surface area contributed by atoms with E-state index in [0.29, 0.717) is 0 Å². The van der Waals surface area contributed by atoms with Crippen LogP contribution in [-0.4, -0.2) is 15.2 Å². The average molecular weight is 221 g/mol. The maximum absolute atomic E-state index is 9.36. The van der Waals surface area contributed by atoms with E-state index in [0.717, 1.165) is 15.4 Å². The molecule has 0 amide bonds. The molecule has 0 aliphatic heterocycles. The number of hydrogen-bond donors (Lipinski definition) is 2. The molecule has 3 nitrogen and oxygen atoms in total. The lowest BCUT2D eigenvalue weighted by molar-refractivity contribution is 0.203. The van der Waals surface area contributed by atoms with E-state index in [1.807, 2.05) is 6.07 Å². The molecule has 2 N–H and O–H groups in total. The van der Waals surface area contributed by atoms with Crippen LogP contribution in [0.25, 0.3) is 10.6 Å². The van der Waals surface area contributed by atoms with Gasteiger partial charge in [-0.2, -0.15) is 0 Å². The number of aromatic hydroxyl groups is 1. The van der Waals surface area contributed by atoms with Crippen LogP contribution in [0.4, 0.5) is 0 Å². The van der Waals surface area contributed by atoms with E-state index in [9.17, 15) is 10.2 Å². The third kappa shape index (κ3) is 2.16. The SMILES string of the molecule is CC(O)c1cnc(-c2cccc(O)c2)s1. The summed E-state index contributed by atoms with van der Waals surface area (Å²) in [5.41, 5.74) is 0.868. The highest BCUT2D eigenvalue weighted by atomic mass is 32.1. The average Bonchev–Trinajstić information content (AvgIpc) is 2.66. The number of aliphatic hydroxyl groups is 1. The number of hydrogen-bond acceptors (Lipinski definition) is 4. The van der Waals surface area contributed by atoms with Crippen LogP contribution in [0, 0.1) is 0 Å². The Morgan fingerprint density at radius 3 is 2.80 bits per heavy atom. The van der Waals surface area contributed by atoms with Crippen molar-refractivity contribution >= 4 is 11.3 Å². The van der Waals surface area contributed by atoms with Crippen molar-refractivity contribution in [2.24, 2.45) is 0 Å². The lowest BCUT2D eigenvalue weighted by Crippen LogP contribution is -1.83. The molecule has 1 atom stereocenters. The first kappa shape index (κ1) is 10.1. The monoisotopic (exact) mass is 221 g/mol. The van der Waals surface area contributed by atoms with Gasteiger partial charge in [-0.3, -0.25) is 0 Å². The lowest BCUT2D eigenvalue weighted by atomic mass is 10.2. The van der Waals surface area contributed by atoms with Crippen molar-refractivity contribution in [3.8, 4) is 16.3 Å². The summed E-state index contributed by atoms with van der Waals surface area (Å²) in [5, 5.41) is 19.5. The van der Waals surface area contributed by atoms with Gasteiger partial charge in [0.05, 0.1) is 11.0 Å². The minimum absolute atomic E-state index is 0.223. The van der Waals surface area contributed by atoms with Crippen LogP contribution < -0.4 is 0 Å². The summed E-state index contributed by atoms with van der Waals surface area (Å²) in [7, 11) is 0. The quantitative estimate of drug-likeness (QED) is 0.819. The molecule has 1 aromatic heterocycles. The van der Waals surface area contributed by atoms with E-state index in [1.54, 1.807) is 31.3 Å². The fraction of sp³-hybridized carbons (Fsp3) is 0.182. The molecule has 0 saturated heterocycles. The summed E-state index contributed by atoms with van der Waals surface area (Å²) in [6.45, 7) is 1.71. The van der Waals surface area contributed by atoms with E-state index in [1.165, 1.54) is 11.3 Å². The number of aromatic nitrogens is 1. The number of phenolic OH excluding ortho intramolecular Hbond substituents is 1. The zero-order chi connectivity index (χ0) is 10.8. The standard InChI is InChI=1S/C11H11NO2S/c1-7(13)10-6-12-11(15-10)8-3-2-4-9(14)5-8/h2-7,13-14H,1H3. The van der Waals surface area contributed by atoms with Gasteiger partial charge >= 0.3 is 0 Å². The highest BCUT2D eigenvalue weighted by Crippen LogP contribution is 2.29. The highest BCUT2D eigenvalue weighted by molar-refractivity contribution is 7.15. The molecule has 15 heavy (non-hydrogen) atoms. The van der Waals surface area contributed by atoms with Crippen LogP contribution in [0.2, 0.25) is 0 Å². The molecule has 0 aliphatic rings. The number of thiazole rings is 1. The molecule has 2 rings (SSSR count). The first-order valence-electron chi connectivity index (χ1n) is 4.60.